The van der Waals surface area contributed by atoms with Crippen LogP contribution in [0.3, 0.4) is 0 Å². The Bertz CT molecular complexity index is 964. The molecular weight excluding hydrogens is 340 g/mol. The first-order valence-electron chi connectivity index (χ1n) is 9.23. The number of H-pyrrole nitrogens is 1. The molecule has 5 heteroatoms. The van der Waals surface area contributed by atoms with Crippen LogP contribution < -0.4 is 9.47 Å². The molecule has 3 aromatic rings. The summed E-state index contributed by atoms with van der Waals surface area (Å²) in [5.41, 5.74) is 2.52. The van der Waals surface area contributed by atoms with Gasteiger partial charge in [-0.15, -0.1) is 0 Å². The van der Waals surface area contributed by atoms with E-state index in [0.717, 1.165) is 42.7 Å². The van der Waals surface area contributed by atoms with Gasteiger partial charge in [0, 0.05) is 24.7 Å². The van der Waals surface area contributed by atoms with E-state index < -0.39 is 0 Å². The van der Waals surface area contributed by atoms with Crippen LogP contribution in [0, 0.1) is 24.2 Å². The molecule has 2 heterocycles. The van der Waals surface area contributed by atoms with Gasteiger partial charge in [-0.25, -0.2) is 0 Å². The SMILES string of the molecule is Cc1ccc(Oc2cc(OCC3CCOCC3)c3[nH]c(C#N)cc3c2)cc1. The molecule has 0 aliphatic carbocycles. The zero-order chi connectivity index (χ0) is 18.6. The number of nitrogens with one attached hydrogen (secondary N) is 1. The summed E-state index contributed by atoms with van der Waals surface area (Å²) >= 11 is 0. The van der Waals surface area contributed by atoms with E-state index in [4.69, 9.17) is 14.2 Å². The van der Waals surface area contributed by atoms with E-state index in [-0.39, 0.29) is 0 Å². The third-order valence-electron chi connectivity index (χ3n) is 4.86. The number of hydrogen-bond acceptors (Lipinski definition) is 4. The summed E-state index contributed by atoms with van der Waals surface area (Å²) < 4.78 is 17.6. The van der Waals surface area contributed by atoms with Crippen LogP contribution in [0.5, 0.6) is 17.2 Å². The van der Waals surface area contributed by atoms with Gasteiger partial charge in [0.2, 0.25) is 0 Å². The minimum atomic E-state index is 0.487. The number of fused-ring (bicyclic) bond motifs is 1. The zero-order valence-electron chi connectivity index (χ0n) is 15.3. The predicted molar refractivity (Wildman–Crippen MR) is 103 cm³/mol. The first kappa shape index (κ1) is 17.4. The highest BCUT2D eigenvalue weighted by molar-refractivity contribution is 5.88. The Balaban J connectivity index is 1.61. The van der Waals surface area contributed by atoms with E-state index in [1.165, 1.54) is 5.56 Å². The molecule has 1 aliphatic heterocycles. The van der Waals surface area contributed by atoms with Crippen molar-refractivity contribution in [2.75, 3.05) is 19.8 Å². The molecule has 0 spiro atoms. The van der Waals surface area contributed by atoms with Gasteiger partial charge in [0.05, 0.1) is 12.1 Å². The van der Waals surface area contributed by atoms with Gasteiger partial charge in [-0.05, 0) is 49.9 Å². The molecule has 4 rings (SSSR count). The lowest BCUT2D eigenvalue weighted by atomic mass is 10.0. The molecule has 5 nitrogen and oxygen atoms in total. The minimum Gasteiger partial charge on any atom is -0.491 e. The standard InChI is InChI=1S/C22H22N2O3/c1-15-2-4-19(5-3-15)27-20-11-17-10-18(13-23)24-22(17)21(12-20)26-14-16-6-8-25-9-7-16/h2-5,10-12,16,24H,6-9,14H2,1H3. The van der Waals surface area contributed by atoms with E-state index in [2.05, 4.69) is 11.1 Å². The molecule has 1 fully saturated rings. The van der Waals surface area contributed by atoms with E-state index in [0.29, 0.717) is 29.7 Å². The maximum Gasteiger partial charge on any atom is 0.147 e. The van der Waals surface area contributed by atoms with Crippen LogP contribution in [0.25, 0.3) is 10.9 Å². The van der Waals surface area contributed by atoms with Crippen molar-refractivity contribution < 1.29 is 14.2 Å². The summed E-state index contributed by atoms with van der Waals surface area (Å²) in [7, 11) is 0. The van der Waals surface area contributed by atoms with Gasteiger partial charge in [-0.3, -0.25) is 0 Å². The maximum atomic E-state index is 9.23. The Kier molecular flexibility index (Phi) is 4.99. The van der Waals surface area contributed by atoms with E-state index in [9.17, 15) is 5.26 Å². The number of rotatable bonds is 5. The molecule has 1 saturated heterocycles. The van der Waals surface area contributed by atoms with E-state index in [1.807, 2.05) is 49.4 Å². The van der Waals surface area contributed by atoms with Crippen LogP contribution in [-0.4, -0.2) is 24.8 Å². The fourth-order valence-corrected chi connectivity index (χ4v) is 3.28. The second-order valence-electron chi connectivity index (χ2n) is 6.96. The number of aromatic amines is 1. The molecule has 27 heavy (non-hydrogen) atoms. The number of aryl methyl sites for hydroxylation is 1. The summed E-state index contributed by atoms with van der Waals surface area (Å²) in [6.45, 7) is 4.26. The highest BCUT2D eigenvalue weighted by Gasteiger charge is 2.16. The van der Waals surface area contributed by atoms with Crippen LogP contribution in [0.1, 0.15) is 24.1 Å². The Morgan fingerprint density at radius 3 is 2.63 bits per heavy atom. The molecular formula is C22H22N2O3. The molecule has 0 bridgehead atoms. The lowest BCUT2D eigenvalue weighted by Crippen LogP contribution is -2.21. The van der Waals surface area contributed by atoms with E-state index >= 15 is 0 Å². The number of nitriles is 1. The van der Waals surface area contributed by atoms with Crippen molar-refractivity contribution in [3.8, 4) is 23.3 Å². The molecule has 1 aromatic heterocycles. The Morgan fingerprint density at radius 2 is 1.89 bits per heavy atom. The molecule has 0 atom stereocenters. The summed E-state index contributed by atoms with van der Waals surface area (Å²) in [4.78, 5) is 3.13. The molecule has 138 valence electrons. The molecule has 2 aromatic carbocycles. The first-order chi connectivity index (χ1) is 13.2. The van der Waals surface area contributed by atoms with Crippen molar-refractivity contribution in [3.63, 3.8) is 0 Å². The highest BCUT2D eigenvalue weighted by atomic mass is 16.5. The Labute approximate surface area is 158 Å². The largest absolute Gasteiger partial charge is 0.491 e. The zero-order valence-corrected chi connectivity index (χ0v) is 15.3. The Morgan fingerprint density at radius 1 is 1.11 bits per heavy atom. The smallest absolute Gasteiger partial charge is 0.147 e. The van der Waals surface area contributed by atoms with Crippen LogP contribution in [0.4, 0.5) is 0 Å². The van der Waals surface area contributed by atoms with Crippen LogP contribution in [0.2, 0.25) is 0 Å². The van der Waals surface area contributed by atoms with E-state index in [1.54, 1.807) is 0 Å². The monoisotopic (exact) mass is 362 g/mol. The number of hydrogen-bond donors (Lipinski definition) is 1. The van der Waals surface area contributed by atoms with Crippen molar-refractivity contribution in [2.24, 2.45) is 5.92 Å². The van der Waals surface area contributed by atoms with Crippen LogP contribution in [0.15, 0.2) is 42.5 Å². The quantitative estimate of drug-likeness (QED) is 0.698. The second-order valence-corrected chi connectivity index (χ2v) is 6.96. The van der Waals surface area contributed by atoms with Gasteiger partial charge in [0.15, 0.2) is 0 Å². The summed E-state index contributed by atoms with van der Waals surface area (Å²) in [6, 6.07) is 15.7. The second kappa shape index (κ2) is 7.73. The maximum absolute atomic E-state index is 9.23. The summed E-state index contributed by atoms with van der Waals surface area (Å²) in [5, 5.41) is 10.1. The average molecular weight is 362 g/mol. The predicted octanol–water partition coefficient (Wildman–Crippen LogP) is 4.95. The minimum absolute atomic E-state index is 0.487. The van der Waals surface area contributed by atoms with Gasteiger partial charge in [-0.1, -0.05) is 17.7 Å². The number of benzene rings is 2. The fourth-order valence-electron chi connectivity index (χ4n) is 3.28. The lowest BCUT2D eigenvalue weighted by molar-refractivity contribution is 0.0499. The Hall–Kier alpha value is -2.97. The summed E-state index contributed by atoms with van der Waals surface area (Å²) in [6.07, 6.45) is 2.02. The third kappa shape index (κ3) is 4.07. The van der Waals surface area contributed by atoms with Crippen molar-refractivity contribution in [3.05, 3.63) is 53.7 Å². The van der Waals surface area contributed by atoms with Crippen molar-refractivity contribution >= 4 is 10.9 Å². The van der Waals surface area contributed by atoms with Crippen LogP contribution >= 0.6 is 0 Å². The number of nitrogens with zero attached hydrogens (tertiary/aromatic N) is 1. The first-order valence-corrected chi connectivity index (χ1v) is 9.23. The number of aromatic nitrogens is 1. The van der Waals surface area contributed by atoms with Gasteiger partial charge in [-0.2, -0.15) is 5.26 Å². The molecule has 0 amide bonds. The highest BCUT2D eigenvalue weighted by Crippen LogP contribution is 2.34. The third-order valence-corrected chi connectivity index (χ3v) is 4.86. The molecule has 0 unspecified atom stereocenters. The molecule has 0 radical (unpaired) electrons. The molecule has 0 saturated carbocycles. The van der Waals surface area contributed by atoms with Gasteiger partial charge < -0.3 is 19.2 Å². The van der Waals surface area contributed by atoms with Gasteiger partial charge in [0.1, 0.15) is 29.0 Å². The fraction of sp³-hybridized carbons (Fsp3) is 0.318. The normalized spacial score (nSPS) is 14.8. The topological polar surface area (TPSA) is 67.3 Å². The van der Waals surface area contributed by atoms with Gasteiger partial charge >= 0.3 is 0 Å². The summed E-state index contributed by atoms with van der Waals surface area (Å²) in [5.74, 6) is 2.66. The number of ether oxygens (including phenoxy) is 3. The van der Waals surface area contributed by atoms with Gasteiger partial charge in [0.25, 0.3) is 0 Å². The molecule has 1 N–H and O–H groups in total. The van der Waals surface area contributed by atoms with Crippen molar-refractivity contribution in [1.82, 2.24) is 4.98 Å². The molecule has 1 aliphatic rings. The van der Waals surface area contributed by atoms with Crippen molar-refractivity contribution in [2.45, 2.75) is 19.8 Å². The lowest BCUT2D eigenvalue weighted by Gasteiger charge is -2.22. The van der Waals surface area contributed by atoms with Crippen molar-refractivity contribution in [1.29, 1.82) is 5.26 Å². The van der Waals surface area contributed by atoms with Crippen LogP contribution in [-0.2, 0) is 4.74 Å². The average Bonchev–Trinajstić information content (AvgIpc) is 3.12.